The third-order valence-electron chi connectivity index (χ3n) is 5.40. The molecule has 0 spiro atoms. The van der Waals surface area contributed by atoms with Crippen molar-refractivity contribution in [3.05, 3.63) is 35.0 Å². The van der Waals surface area contributed by atoms with Crippen molar-refractivity contribution in [1.82, 2.24) is 19.9 Å². The molecule has 9 nitrogen and oxygen atoms in total. The van der Waals surface area contributed by atoms with E-state index in [1.807, 2.05) is 0 Å². The van der Waals surface area contributed by atoms with Crippen molar-refractivity contribution >= 4 is 40.5 Å². The zero-order valence-electron chi connectivity index (χ0n) is 17.9. The van der Waals surface area contributed by atoms with E-state index in [-0.39, 0.29) is 18.1 Å². The monoisotopic (exact) mass is 444 g/mol. The van der Waals surface area contributed by atoms with Gasteiger partial charge in [-0.15, -0.1) is 0 Å². The predicted molar refractivity (Wildman–Crippen MR) is 120 cm³/mol. The lowest BCUT2D eigenvalue weighted by molar-refractivity contribution is 0.0937. The smallest absolute Gasteiger partial charge is 0.256 e. The molecule has 0 saturated carbocycles. The molecule has 0 radical (unpaired) electrons. The summed E-state index contributed by atoms with van der Waals surface area (Å²) < 4.78 is 12.6. The van der Waals surface area contributed by atoms with Gasteiger partial charge < -0.3 is 25.4 Å². The van der Waals surface area contributed by atoms with Crippen LogP contribution in [0.1, 0.15) is 37.6 Å². The Balaban J connectivity index is 1.70. The number of nitrogens with zero attached hydrogens (tertiary/aromatic N) is 3. The van der Waals surface area contributed by atoms with Crippen LogP contribution in [0.4, 0.5) is 17.3 Å². The Bertz CT molecular complexity index is 1140. The average molecular weight is 445 g/mol. The second kappa shape index (κ2) is 8.14. The largest absolute Gasteiger partial charge is 0.454 e. The van der Waals surface area contributed by atoms with E-state index < -0.39 is 0 Å². The molecule has 0 bridgehead atoms. The number of amides is 1. The van der Waals surface area contributed by atoms with Gasteiger partial charge in [-0.1, -0.05) is 32.4 Å². The predicted octanol–water partition coefficient (Wildman–Crippen LogP) is 4.06. The number of halogens is 1. The standard InChI is InChI=1S/C21H25ClN6O3/c1-5-21(2,3)10-24-20(29)12-9-25-28-16(23-4)8-15(27-19(12)28)26-17-13(22)6-7-14-18(17)31-11-30-14/h6-9,23H,5,10-11H2,1-4H3,(H,24,29)(H,26,27). The van der Waals surface area contributed by atoms with Crippen molar-refractivity contribution in [1.29, 1.82) is 0 Å². The molecule has 0 saturated heterocycles. The summed E-state index contributed by atoms with van der Waals surface area (Å²) in [5.41, 5.74) is 1.35. The first-order valence-corrected chi connectivity index (χ1v) is 10.4. The molecule has 0 fully saturated rings. The van der Waals surface area contributed by atoms with E-state index in [2.05, 4.69) is 46.8 Å². The summed E-state index contributed by atoms with van der Waals surface area (Å²) in [6, 6.07) is 5.25. The van der Waals surface area contributed by atoms with Crippen molar-refractivity contribution in [3.63, 3.8) is 0 Å². The molecular formula is C21H25ClN6O3. The first-order valence-electron chi connectivity index (χ1n) is 10.0. The summed E-state index contributed by atoms with van der Waals surface area (Å²) in [6.45, 7) is 6.99. The molecule has 0 atom stereocenters. The van der Waals surface area contributed by atoms with Crippen LogP contribution >= 0.6 is 11.6 Å². The van der Waals surface area contributed by atoms with E-state index in [1.165, 1.54) is 6.20 Å². The number of hydrogen-bond donors (Lipinski definition) is 3. The van der Waals surface area contributed by atoms with E-state index in [0.29, 0.717) is 51.6 Å². The third kappa shape index (κ3) is 4.05. The minimum atomic E-state index is -0.224. The van der Waals surface area contributed by atoms with Crippen LogP contribution in [0.2, 0.25) is 5.02 Å². The highest BCUT2D eigenvalue weighted by atomic mass is 35.5. The van der Waals surface area contributed by atoms with Crippen molar-refractivity contribution in [2.75, 3.05) is 31.0 Å². The molecule has 3 heterocycles. The number of nitrogens with one attached hydrogen (secondary N) is 3. The van der Waals surface area contributed by atoms with Crippen LogP contribution in [0.3, 0.4) is 0 Å². The van der Waals surface area contributed by atoms with Crippen molar-refractivity contribution < 1.29 is 14.3 Å². The Kier molecular flexibility index (Phi) is 5.53. The number of carbonyl (C=O) groups is 1. The summed E-state index contributed by atoms with van der Waals surface area (Å²) in [5, 5.41) is 14.1. The van der Waals surface area contributed by atoms with E-state index in [9.17, 15) is 4.79 Å². The number of ether oxygens (including phenoxy) is 2. The number of anilines is 3. The Morgan fingerprint density at radius 2 is 2.13 bits per heavy atom. The van der Waals surface area contributed by atoms with Crippen LogP contribution in [-0.2, 0) is 0 Å². The lowest BCUT2D eigenvalue weighted by atomic mass is 9.90. The van der Waals surface area contributed by atoms with Crippen LogP contribution < -0.4 is 25.4 Å². The van der Waals surface area contributed by atoms with Crippen LogP contribution in [0.25, 0.3) is 5.65 Å². The molecule has 10 heteroatoms. The van der Waals surface area contributed by atoms with Crippen LogP contribution in [0.15, 0.2) is 24.4 Å². The summed E-state index contributed by atoms with van der Waals surface area (Å²) in [6.07, 6.45) is 2.47. The number of aromatic nitrogens is 3. The Hall–Kier alpha value is -3.20. The van der Waals surface area contributed by atoms with Gasteiger partial charge in [0.1, 0.15) is 22.9 Å². The van der Waals surface area contributed by atoms with Gasteiger partial charge in [0.05, 0.1) is 11.2 Å². The molecule has 1 aromatic carbocycles. The summed E-state index contributed by atoms with van der Waals surface area (Å²) >= 11 is 6.38. The summed E-state index contributed by atoms with van der Waals surface area (Å²) in [7, 11) is 1.77. The van der Waals surface area contributed by atoms with Gasteiger partial charge in [0.15, 0.2) is 17.1 Å². The number of benzene rings is 1. The van der Waals surface area contributed by atoms with Gasteiger partial charge in [-0.25, -0.2) is 4.98 Å². The van der Waals surface area contributed by atoms with Crippen LogP contribution in [0.5, 0.6) is 11.5 Å². The molecule has 3 N–H and O–H groups in total. The van der Waals surface area contributed by atoms with E-state index in [0.717, 1.165) is 6.42 Å². The summed E-state index contributed by atoms with van der Waals surface area (Å²) in [5.74, 6) is 2.03. The molecular weight excluding hydrogens is 420 g/mol. The first-order chi connectivity index (χ1) is 14.8. The molecule has 1 amide bonds. The quantitative estimate of drug-likeness (QED) is 0.505. The second-order valence-corrected chi connectivity index (χ2v) is 8.46. The topological polar surface area (TPSA) is 102 Å². The Morgan fingerprint density at radius 3 is 2.87 bits per heavy atom. The van der Waals surface area contributed by atoms with Crippen LogP contribution in [0, 0.1) is 5.41 Å². The van der Waals surface area contributed by atoms with E-state index in [4.69, 9.17) is 21.1 Å². The normalized spacial score (nSPS) is 12.8. The highest BCUT2D eigenvalue weighted by molar-refractivity contribution is 6.33. The maximum absolute atomic E-state index is 12.9. The van der Waals surface area contributed by atoms with Crippen molar-refractivity contribution in [3.8, 4) is 11.5 Å². The minimum Gasteiger partial charge on any atom is -0.454 e. The third-order valence-corrected chi connectivity index (χ3v) is 5.71. The minimum absolute atomic E-state index is 0.00140. The number of fused-ring (bicyclic) bond motifs is 2. The lowest BCUT2D eigenvalue weighted by Gasteiger charge is -2.22. The number of carbonyl (C=O) groups excluding carboxylic acids is 1. The van der Waals surface area contributed by atoms with Gasteiger partial charge in [0, 0.05) is 19.7 Å². The van der Waals surface area contributed by atoms with Crippen molar-refractivity contribution in [2.45, 2.75) is 27.2 Å². The van der Waals surface area contributed by atoms with Gasteiger partial charge >= 0.3 is 0 Å². The second-order valence-electron chi connectivity index (χ2n) is 8.05. The molecule has 31 heavy (non-hydrogen) atoms. The molecule has 164 valence electrons. The zero-order chi connectivity index (χ0) is 22.2. The maximum Gasteiger partial charge on any atom is 0.256 e. The molecule has 1 aliphatic heterocycles. The van der Waals surface area contributed by atoms with Crippen LogP contribution in [-0.4, -0.2) is 40.9 Å². The highest BCUT2D eigenvalue weighted by Gasteiger charge is 2.23. The Labute approximate surface area is 185 Å². The fourth-order valence-electron chi connectivity index (χ4n) is 3.10. The van der Waals surface area contributed by atoms with E-state index in [1.54, 1.807) is 29.8 Å². The maximum atomic E-state index is 12.9. The molecule has 0 aliphatic carbocycles. The summed E-state index contributed by atoms with van der Waals surface area (Å²) in [4.78, 5) is 17.5. The average Bonchev–Trinajstić information content (AvgIpc) is 3.40. The fraction of sp³-hybridized carbons (Fsp3) is 0.381. The zero-order valence-corrected chi connectivity index (χ0v) is 18.6. The van der Waals surface area contributed by atoms with Gasteiger partial charge in [-0.2, -0.15) is 9.61 Å². The molecule has 4 rings (SSSR count). The molecule has 2 aromatic heterocycles. The molecule has 0 unspecified atom stereocenters. The van der Waals surface area contributed by atoms with Crippen molar-refractivity contribution in [2.24, 2.45) is 5.41 Å². The Morgan fingerprint density at radius 1 is 1.32 bits per heavy atom. The van der Waals surface area contributed by atoms with Gasteiger partial charge in [0.2, 0.25) is 6.79 Å². The number of hydrogen-bond acceptors (Lipinski definition) is 7. The first kappa shape index (κ1) is 21.0. The number of rotatable bonds is 7. The van der Waals surface area contributed by atoms with Gasteiger partial charge in [-0.05, 0) is 24.0 Å². The fourth-order valence-corrected chi connectivity index (χ4v) is 3.29. The molecule has 3 aromatic rings. The van der Waals surface area contributed by atoms with Gasteiger partial charge in [0.25, 0.3) is 5.91 Å². The lowest BCUT2D eigenvalue weighted by Crippen LogP contribution is -2.33. The van der Waals surface area contributed by atoms with Gasteiger partial charge in [-0.3, -0.25) is 4.79 Å². The SMILES string of the molecule is CCC(C)(C)CNC(=O)c1cnn2c(NC)cc(Nc3c(Cl)ccc4c3OCO4)nc12. The molecule has 1 aliphatic rings. The highest BCUT2D eigenvalue weighted by Crippen LogP contribution is 2.44. The van der Waals surface area contributed by atoms with E-state index >= 15 is 0 Å².